The Balaban J connectivity index is 1.84. The molecule has 0 radical (unpaired) electrons. The number of hydrogen-bond donors (Lipinski definition) is 2. The minimum Gasteiger partial charge on any atom is -0.339 e. The quantitative estimate of drug-likeness (QED) is 0.653. The number of halogens is 2. The third-order valence-electron chi connectivity index (χ3n) is 3.42. The summed E-state index contributed by atoms with van der Waals surface area (Å²) in [7, 11) is 0. The zero-order valence-electron chi connectivity index (χ0n) is 12.9. The molecular formula is C17H15Cl2N5. The molecule has 24 heavy (non-hydrogen) atoms. The predicted octanol–water partition coefficient (Wildman–Crippen LogP) is 5.23. The van der Waals surface area contributed by atoms with Crippen molar-refractivity contribution in [1.29, 1.82) is 0 Å². The summed E-state index contributed by atoms with van der Waals surface area (Å²) in [6.07, 6.45) is 2.48. The van der Waals surface area contributed by atoms with Gasteiger partial charge in [0.25, 0.3) is 0 Å². The van der Waals surface area contributed by atoms with Crippen LogP contribution < -0.4 is 10.6 Å². The van der Waals surface area contributed by atoms with E-state index in [0.29, 0.717) is 27.5 Å². The topological polar surface area (TPSA) is 62.7 Å². The molecule has 3 rings (SSSR count). The van der Waals surface area contributed by atoms with Crippen LogP contribution in [0.4, 0.5) is 23.1 Å². The number of hydrogen-bond acceptors (Lipinski definition) is 5. The molecule has 0 saturated heterocycles. The molecule has 2 N–H and O–H groups in total. The molecule has 0 bridgehead atoms. The predicted molar refractivity (Wildman–Crippen MR) is 98.7 cm³/mol. The zero-order valence-corrected chi connectivity index (χ0v) is 14.4. The Morgan fingerprint density at radius 1 is 0.958 bits per heavy atom. The van der Waals surface area contributed by atoms with Crippen molar-refractivity contribution in [1.82, 2.24) is 15.2 Å². The second kappa shape index (κ2) is 7.47. The molecule has 0 aliphatic carbocycles. The number of nitrogens with one attached hydrogen (secondary N) is 2. The van der Waals surface area contributed by atoms with Crippen LogP contribution in [0.1, 0.15) is 12.5 Å². The lowest BCUT2D eigenvalue weighted by atomic mass is 10.1. The first-order valence-electron chi connectivity index (χ1n) is 7.43. The van der Waals surface area contributed by atoms with Crippen LogP contribution in [-0.2, 0) is 6.42 Å². The van der Waals surface area contributed by atoms with Gasteiger partial charge in [0.05, 0.1) is 21.9 Å². The molecule has 0 aliphatic rings. The fourth-order valence-corrected chi connectivity index (χ4v) is 2.73. The molecule has 0 saturated carbocycles. The molecule has 7 heteroatoms. The van der Waals surface area contributed by atoms with Crippen LogP contribution in [-0.4, -0.2) is 15.2 Å². The number of aromatic nitrogens is 3. The molecule has 122 valence electrons. The van der Waals surface area contributed by atoms with Gasteiger partial charge in [0.1, 0.15) is 0 Å². The van der Waals surface area contributed by atoms with Crippen molar-refractivity contribution < 1.29 is 0 Å². The smallest absolute Gasteiger partial charge is 0.249 e. The molecule has 0 aliphatic heterocycles. The summed E-state index contributed by atoms with van der Waals surface area (Å²) in [4.78, 5) is 4.41. The summed E-state index contributed by atoms with van der Waals surface area (Å²) in [6, 6.07) is 13.3. The number of rotatable bonds is 5. The molecule has 2 aromatic carbocycles. The van der Waals surface area contributed by atoms with Crippen LogP contribution in [0.2, 0.25) is 10.0 Å². The normalized spacial score (nSPS) is 10.5. The Bertz CT molecular complexity index is 834. The van der Waals surface area contributed by atoms with E-state index in [0.717, 1.165) is 12.1 Å². The Kier molecular flexibility index (Phi) is 5.13. The minimum absolute atomic E-state index is 0.309. The largest absolute Gasteiger partial charge is 0.339 e. The van der Waals surface area contributed by atoms with Crippen LogP contribution in [0.25, 0.3) is 0 Å². The first-order valence-corrected chi connectivity index (χ1v) is 8.18. The molecule has 1 aromatic heterocycles. The number of aryl methyl sites for hydroxylation is 1. The number of anilines is 4. The maximum absolute atomic E-state index is 6.15. The molecule has 1 heterocycles. The van der Waals surface area contributed by atoms with E-state index < -0.39 is 0 Å². The highest BCUT2D eigenvalue weighted by Crippen LogP contribution is 2.31. The molecular weight excluding hydrogens is 345 g/mol. The lowest BCUT2D eigenvalue weighted by molar-refractivity contribution is 0.981. The Morgan fingerprint density at radius 3 is 2.46 bits per heavy atom. The van der Waals surface area contributed by atoms with Gasteiger partial charge >= 0.3 is 0 Å². The fourth-order valence-electron chi connectivity index (χ4n) is 2.23. The van der Waals surface area contributed by atoms with Crippen molar-refractivity contribution in [2.75, 3.05) is 10.6 Å². The maximum Gasteiger partial charge on any atom is 0.249 e. The van der Waals surface area contributed by atoms with Gasteiger partial charge in [-0.2, -0.15) is 10.1 Å². The number of nitrogens with zero attached hydrogens (tertiary/aromatic N) is 3. The van der Waals surface area contributed by atoms with Gasteiger partial charge in [-0.1, -0.05) is 54.4 Å². The molecule has 0 amide bonds. The van der Waals surface area contributed by atoms with Gasteiger partial charge in [-0.3, -0.25) is 0 Å². The second-order valence-electron chi connectivity index (χ2n) is 5.02. The van der Waals surface area contributed by atoms with Crippen LogP contribution >= 0.6 is 23.2 Å². The highest BCUT2D eigenvalue weighted by atomic mass is 35.5. The van der Waals surface area contributed by atoms with Crippen molar-refractivity contribution in [2.24, 2.45) is 0 Å². The summed E-state index contributed by atoms with van der Waals surface area (Å²) in [6.45, 7) is 2.10. The van der Waals surface area contributed by atoms with Crippen LogP contribution in [0, 0.1) is 0 Å². The summed E-state index contributed by atoms with van der Waals surface area (Å²) < 4.78 is 0. The third kappa shape index (κ3) is 3.75. The number of para-hydroxylation sites is 2. The third-order valence-corrected chi connectivity index (χ3v) is 4.05. The van der Waals surface area contributed by atoms with Crippen LogP contribution in [0.5, 0.6) is 0 Å². The van der Waals surface area contributed by atoms with Gasteiger partial charge in [0, 0.05) is 5.69 Å². The molecule has 0 fully saturated rings. The van der Waals surface area contributed by atoms with Gasteiger partial charge < -0.3 is 10.6 Å². The average molecular weight is 360 g/mol. The molecule has 3 aromatic rings. The van der Waals surface area contributed by atoms with Gasteiger partial charge in [-0.25, -0.2) is 0 Å². The van der Waals surface area contributed by atoms with E-state index in [9.17, 15) is 0 Å². The Morgan fingerprint density at radius 2 is 1.71 bits per heavy atom. The molecule has 5 nitrogen and oxygen atoms in total. The number of benzene rings is 2. The van der Waals surface area contributed by atoms with Crippen molar-refractivity contribution in [2.45, 2.75) is 13.3 Å². The maximum atomic E-state index is 6.15. The summed E-state index contributed by atoms with van der Waals surface area (Å²) >= 11 is 12.3. The van der Waals surface area contributed by atoms with E-state index in [-0.39, 0.29) is 0 Å². The lowest BCUT2D eigenvalue weighted by Crippen LogP contribution is -2.04. The van der Waals surface area contributed by atoms with E-state index in [1.807, 2.05) is 18.2 Å². The van der Waals surface area contributed by atoms with E-state index >= 15 is 0 Å². The summed E-state index contributed by atoms with van der Waals surface area (Å²) in [5.74, 6) is 0.889. The van der Waals surface area contributed by atoms with Gasteiger partial charge in [0.2, 0.25) is 5.95 Å². The van der Waals surface area contributed by atoms with E-state index in [2.05, 4.69) is 38.8 Å². The van der Waals surface area contributed by atoms with E-state index in [1.165, 1.54) is 5.56 Å². The van der Waals surface area contributed by atoms with Gasteiger partial charge in [-0.05, 0) is 30.2 Å². The van der Waals surface area contributed by atoms with Crippen molar-refractivity contribution >= 4 is 46.3 Å². The SMILES string of the molecule is CCc1ccccc1Nc1cnnc(Nc2c(Cl)cccc2Cl)n1. The average Bonchev–Trinajstić information content (AvgIpc) is 2.59. The summed E-state index contributed by atoms with van der Waals surface area (Å²) in [5, 5.41) is 15.2. The summed E-state index contributed by atoms with van der Waals surface area (Å²) in [5.41, 5.74) is 2.73. The molecule has 0 spiro atoms. The lowest BCUT2D eigenvalue weighted by Gasteiger charge is -2.11. The first kappa shape index (κ1) is 16.5. The minimum atomic E-state index is 0.309. The monoisotopic (exact) mass is 359 g/mol. The highest BCUT2D eigenvalue weighted by Gasteiger charge is 2.09. The first-order chi connectivity index (χ1) is 11.7. The van der Waals surface area contributed by atoms with E-state index in [1.54, 1.807) is 24.4 Å². The highest BCUT2D eigenvalue weighted by molar-refractivity contribution is 6.39. The Hall–Kier alpha value is -2.37. The van der Waals surface area contributed by atoms with Crippen LogP contribution in [0.15, 0.2) is 48.7 Å². The zero-order chi connectivity index (χ0) is 16.9. The standard InChI is InChI=1S/C17H15Cl2N5/c1-2-11-6-3-4-9-14(11)21-15-10-20-24-17(22-15)23-16-12(18)7-5-8-13(16)19/h3-10H,2H2,1H3,(H2,21,22,23,24). The van der Waals surface area contributed by atoms with Crippen molar-refractivity contribution in [3.63, 3.8) is 0 Å². The van der Waals surface area contributed by atoms with Crippen molar-refractivity contribution in [3.8, 4) is 0 Å². The van der Waals surface area contributed by atoms with Crippen LogP contribution in [0.3, 0.4) is 0 Å². The van der Waals surface area contributed by atoms with E-state index in [4.69, 9.17) is 23.2 Å². The van der Waals surface area contributed by atoms with Gasteiger partial charge in [-0.15, -0.1) is 5.10 Å². The Labute approximate surface area is 150 Å². The second-order valence-corrected chi connectivity index (χ2v) is 5.84. The fraction of sp³-hybridized carbons (Fsp3) is 0.118. The van der Waals surface area contributed by atoms with Gasteiger partial charge in [0.15, 0.2) is 5.82 Å². The van der Waals surface area contributed by atoms with Crippen molar-refractivity contribution in [3.05, 3.63) is 64.3 Å². The molecule has 0 atom stereocenters. The molecule has 0 unspecified atom stereocenters.